The molecule has 0 amide bonds. The van der Waals surface area contributed by atoms with Crippen LogP contribution in [0.5, 0.6) is 0 Å². The number of rotatable bonds is 4. The van der Waals surface area contributed by atoms with Crippen molar-refractivity contribution in [1.29, 1.82) is 0 Å². The lowest BCUT2D eigenvalue weighted by molar-refractivity contribution is 0.688. The zero-order valence-electron chi connectivity index (χ0n) is 11.5. The third kappa shape index (κ3) is 2.67. The molecule has 0 spiro atoms. The van der Waals surface area contributed by atoms with E-state index in [0.717, 1.165) is 21.3 Å². The lowest BCUT2D eigenvalue weighted by Crippen LogP contribution is -2.16. The molecule has 106 valence electrons. The minimum absolute atomic E-state index is 0.705. The summed E-state index contributed by atoms with van der Waals surface area (Å²) in [6, 6.07) is 9.13. The summed E-state index contributed by atoms with van der Waals surface area (Å²) in [5, 5.41) is 10.3. The smallest absolute Gasteiger partial charge is 0.161 e. The maximum absolute atomic E-state index is 4.65. The molecule has 5 heteroatoms. The SMILES string of the molecule is Ic1cnn(-c2ncc(CNC3CC3)c3ccccc23)c1. The summed E-state index contributed by atoms with van der Waals surface area (Å²) < 4.78 is 2.96. The Kier molecular flexibility index (Phi) is 3.39. The molecule has 1 aliphatic carbocycles. The molecular formula is C16H15IN4. The first-order valence-corrected chi connectivity index (χ1v) is 8.20. The van der Waals surface area contributed by atoms with Crippen LogP contribution in [0.3, 0.4) is 0 Å². The van der Waals surface area contributed by atoms with E-state index in [1.54, 1.807) is 0 Å². The second kappa shape index (κ2) is 5.38. The monoisotopic (exact) mass is 390 g/mol. The Hall–Kier alpha value is -1.47. The summed E-state index contributed by atoms with van der Waals surface area (Å²) in [4.78, 5) is 4.65. The molecule has 1 aromatic carbocycles. The predicted octanol–water partition coefficient (Wildman–Crippen LogP) is 3.28. The Labute approximate surface area is 136 Å². The minimum atomic E-state index is 0.705. The van der Waals surface area contributed by atoms with Gasteiger partial charge in [-0.1, -0.05) is 24.3 Å². The fraction of sp³-hybridized carbons (Fsp3) is 0.250. The molecule has 21 heavy (non-hydrogen) atoms. The Morgan fingerprint density at radius 2 is 2.00 bits per heavy atom. The lowest BCUT2D eigenvalue weighted by Gasteiger charge is -2.11. The predicted molar refractivity (Wildman–Crippen MR) is 91.4 cm³/mol. The van der Waals surface area contributed by atoms with E-state index in [1.165, 1.54) is 23.8 Å². The van der Waals surface area contributed by atoms with Crippen molar-refractivity contribution in [2.45, 2.75) is 25.4 Å². The van der Waals surface area contributed by atoms with Gasteiger partial charge in [0, 0.05) is 30.4 Å². The zero-order valence-corrected chi connectivity index (χ0v) is 13.6. The molecule has 0 aliphatic heterocycles. The summed E-state index contributed by atoms with van der Waals surface area (Å²) in [7, 11) is 0. The quantitative estimate of drug-likeness (QED) is 0.696. The zero-order chi connectivity index (χ0) is 14.2. The fourth-order valence-electron chi connectivity index (χ4n) is 2.52. The van der Waals surface area contributed by atoms with Crippen LogP contribution < -0.4 is 5.32 Å². The van der Waals surface area contributed by atoms with Crippen LogP contribution in [0.25, 0.3) is 16.6 Å². The number of nitrogens with zero attached hydrogens (tertiary/aromatic N) is 3. The molecule has 4 rings (SSSR count). The third-order valence-electron chi connectivity index (χ3n) is 3.78. The van der Waals surface area contributed by atoms with Gasteiger partial charge in [-0.25, -0.2) is 9.67 Å². The largest absolute Gasteiger partial charge is 0.310 e. The van der Waals surface area contributed by atoms with Crippen molar-refractivity contribution in [3.05, 3.63) is 52.0 Å². The number of fused-ring (bicyclic) bond motifs is 1. The van der Waals surface area contributed by atoms with Crippen LogP contribution in [0.15, 0.2) is 42.9 Å². The number of aromatic nitrogens is 3. The average molecular weight is 390 g/mol. The number of hydrogen-bond donors (Lipinski definition) is 1. The van der Waals surface area contributed by atoms with Crippen molar-refractivity contribution in [3.63, 3.8) is 0 Å². The van der Waals surface area contributed by atoms with E-state index < -0.39 is 0 Å². The Morgan fingerprint density at radius 3 is 2.71 bits per heavy atom. The van der Waals surface area contributed by atoms with Crippen LogP contribution in [0.4, 0.5) is 0 Å². The van der Waals surface area contributed by atoms with Crippen molar-refractivity contribution in [2.75, 3.05) is 0 Å². The van der Waals surface area contributed by atoms with Gasteiger partial charge >= 0.3 is 0 Å². The summed E-state index contributed by atoms with van der Waals surface area (Å²) in [5.74, 6) is 0.892. The van der Waals surface area contributed by atoms with Gasteiger partial charge in [0.15, 0.2) is 5.82 Å². The van der Waals surface area contributed by atoms with Gasteiger partial charge in [-0.05, 0) is 46.4 Å². The summed E-state index contributed by atoms with van der Waals surface area (Å²) in [5.41, 5.74) is 1.25. The van der Waals surface area contributed by atoms with Crippen LogP contribution in [0.1, 0.15) is 18.4 Å². The first kappa shape index (κ1) is 13.2. The van der Waals surface area contributed by atoms with E-state index in [4.69, 9.17) is 0 Å². The highest BCUT2D eigenvalue weighted by molar-refractivity contribution is 14.1. The van der Waals surface area contributed by atoms with E-state index in [2.05, 4.69) is 62.3 Å². The van der Waals surface area contributed by atoms with Crippen molar-refractivity contribution in [3.8, 4) is 5.82 Å². The van der Waals surface area contributed by atoms with Gasteiger partial charge in [0.2, 0.25) is 0 Å². The van der Waals surface area contributed by atoms with Crippen LogP contribution in [0, 0.1) is 3.57 Å². The summed E-state index contributed by atoms with van der Waals surface area (Å²) in [6.07, 6.45) is 8.42. The minimum Gasteiger partial charge on any atom is -0.310 e. The van der Waals surface area contributed by atoms with Gasteiger partial charge in [-0.2, -0.15) is 5.10 Å². The molecule has 1 saturated carbocycles. The number of nitrogens with one attached hydrogen (secondary N) is 1. The highest BCUT2D eigenvalue weighted by Gasteiger charge is 2.20. The highest BCUT2D eigenvalue weighted by atomic mass is 127. The molecule has 3 aromatic rings. The van der Waals surface area contributed by atoms with E-state index in [0.29, 0.717) is 6.04 Å². The fourth-order valence-corrected chi connectivity index (χ4v) is 2.91. The van der Waals surface area contributed by atoms with Crippen molar-refractivity contribution >= 4 is 33.4 Å². The van der Waals surface area contributed by atoms with Crippen molar-refractivity contribution in [2.24, 2.45) is 0 Å². The van der Waals surface area contributed by atoms with Gasteiger partial charge in [-0.15, -0.1) is 0 Å². The Bertz CT molecular complexity index is 792. The van der Waals surface area contributed by atoms with Crippen LogP contribution in [0.2, 0.25) is 0 Å². The standard InChI is InChI=1S/C16H15IN4/c17-12-9-20-21(10-12)16-15-4-2-1-3-14(15)11(8-19-16)7-18-13-5-6-13/h1-4,8-10,13,18H,5-7H2. The molecular weight excluding hydrogens is 375 g/mol. The molecule has 0 bridgehead atoms. The highest BCUT2D eigenvalue weighted by Crippen LogP contribution is 2.25. The number of benzene rings is 1. The van der Waals surface area contributed by atoms with Gasteiger partial charge < -0.3 is 5.32 Å². The first-order chi connectivity index (χ1) is 10.3. The number of halogens is 1. The molecule has 0 saturated heterocycles. The third-order valence-corrected chi connectivity index (χ3v) is 4.34. The molecule has 0 atom stereocenters. The van der Waals surface area contributed by atoms with E-state index >= 15 is 0 Å². The Morgan fingerprint density at radius 1 is 1.19 bits per heavy atom. The first-order valence-electron chi connectivity index (χ1n) is 7.12. The maximum Gasteiger partial charge on any atom is 0.161 e. The molecule has 2 heterocycles. The normalized spacial score (nSPS) is 14.7. The second-order valence-electron chi connectivity index (χ2n) is 5.41. The average Bonchev–Trinajstić information content (AvgIpc) is 3.25. The van der Waals surface area contributed by atoms with Crippen LogP contribution in [-0.2, 0) is 6.54 Å². The van der Waals surface area contributed by atoms with Crippen molar-refractivity contribution < 1.29 is 0 Å². The molecule has 0 radical (unpaired) electrons. The van der Waals surface area contributed by atoms with Crippen LogP contribution >= 0.6 is 22.6 Å². The maximum atomic E-state index is 4.65. The van der Waals surface area contributed by atoms with E-state index in [1.807, 2.05) is 23.3 Å². The molecule has 2 aromatic heterocycles. The molecule has 1 aliphatic rings. The lowest BCUT2D eigenvalue weighted by atomic mass is 10.1. The van der Waals surface area contributed by atoms with Gasteiger partial charge in [0.25, 0.3) is 0 Å². The topological polar surface area (TPSA) is 42.7 Å². The van der Waals surface area contributed by atoms with Gasteiger partial charge in [-0.3, -0.25) is 0 Å². The van der Waals surface area contributed by atoms with Crippen LogP contribution in [-0.4, -0.2) is 20.8 Å². The summed E-state index contributed by atoms with van der Waals surface area (Å²) in [6.45, 7) is 0.884. The molecule has 0 unspecified atom stereocenters. The van der Waals surface area contributed by atoms with Gasteiger partial charge in [0.05, 0.1) is 9.77 Å². The molecule has 4 nitrogen and oxygen atoms in total. The molecule has 1 fully saturated rings. The summed E-state index contributed by atoms with van der Waals surface area (Å²) >= 11 is 2.26. The number of pyridine rings is 1. The second-order valence-corrected chi connectivity index (χ2v) is 6.66. The number of hydrogen-bond acceptors (Lipinski definition) is 3. The molecule has 1 N–H and O–H groups in total. The van der Waals surface area contributed by atoms with Crippen molar-refractivity contribution in [1.82, 2.24) is 20.1 Å². The van der Waals surface area contributed by atoms with Gasteiger partial charge in [0.1, 0.15) is 0 Å². The van der Waals surface area contributed by atoms with E-state index in [9.17, 15) is 0 Å². The Balaban J connectivity index is 1.80. The van der Waals surface area contributed by atoms with E-state index in [-0.39, 0.29) is 0 Å².